The van der Waals surface area contributed by atoms with Gasteiger partial charge in [0.25, 0.3) is 0 Å². The van der Waals surface area contributed by atoms with Crippen molar-refractivity contribution in [3.05, 3.63) is 65.2 Å². The lowest BCUT2D eigenvalue weighted by molar-refractivity contribution is -0.136. The van der Waals surface area contributed by atoms with Crippen molar-refractivity contribution in [1.82, 2.24) is 15.1 Å². The van der Waals surface area contributed by atoms with E-state index in [9.17, 15) is 14.4 Å². The number of nitrogens with two attached hydrogens (primary N) is 1. The summed E-state index contributed by atoms with van der Waals surface area (Å²) in [6.07, 6.45) is 0. The van der Waals surface area contributed by atoms with Crippen LogP contribution in [-0.4, -0.2) is 67.3 Å². The van der Waals surface area contributed by atoms with Gasteiger partial charge in [-0.1, -0.05) is 29.8 Å². The van der Waals surface area contributed by atoms with Crippen LogP contribution in [-0.2, 0) is 9.59 Å². The van der Waals surface area contributed by atoms with E-state index < -0.39 is 17.7 Å². The van der Waals surface area contributed by atoms with Crippen molar-refractivity contribution in [3.63, 3.8) is 0 Å². The summed E-state index contributed by atoms with van der Waals surface area (Å²) in [5.74, 6) is -2.01. The van der Waals surface area contributed by atoms with Crippen molar-refractivity contribution in [2.45, 2.75) is 13.0 Å². The SMILES string of the molecule is Cc1ccc([C@@H](CNC(=O)C(=O)Nc2ccc(C(N)=O)cc2)N2CCN(C)CC2)cc1. The standard InChI is InChI=1S/C23H29N5O3/c1-16-3-5-17(6-4-16)20(28-13-11-27(2)12-14-28)15-25-22(30)23(31)26-19-9-7-18(8-10-19)21(24)29/h3-10,20H,11-15H2,1-2H3,(H2,24,29)(H,25,30)(H,26,31)/t20-/m1/s1. The topological polar surface area (TPSA) is 108 Å². The van der Waals surface area contributed by atoms with E-state index in [1.54, 1.807) is 0 Å². The Bertz CT molecular complexity index is 919. The fourth-order valence-corrected chi connectivity index (χ4v) is 3.56. The number of amides is 3. The number of carbonyl (C=O) groups is 3. The molecule has 8 nitrogen and oxygen atoms in total. The molecule has 164 valence electrons. The molecule has 2 aromatic carbocycles. The zero-order valence-corrected chi connectivity index (χ0v) is 17.9. The summed E-state index contributed by atoms with van der Waals surface area (Å²) in [5.41, 5.74) is 8.24. The molecule has 1 aliphatic rings. The van der Waals surface area contributed by atoms with Gasteiger partial charge in [-0.25, -0.2) is 0 Å². The number of aryl methyl sites for hydroxylation is 1. The second-order valence-electron chi connectivity index (χ2n) is 7.87. The maximum atomic E-state index is 12.4. The van der Waals surface area contributed by atoms with Gasteiger partial charge >= 0.3 is 11.8 Å². The zero-order chi connectivity index (χ0) is 22.4. The first kappa shape index (κ1) is 22.5. The van der Waals surface area contributed by atoms with E-state index in [1.807, 2.05) is 6.92 Å². The monoisotopic (exact) mass is 423 g/mol. The summed E-state index contributed by atoms with van der Waals surface area (Å²) in [7, 11) is 2.10. The zero-order valence-electron chi connectivity index (χ0n) is 17.9. The van der Waals surface area contributed by atoms with Crippen LogP contribution in [0.15, 0.2) is 48.5 Å². The molecule has 0 spiro atoms. The largest absolute Gasteiger partial charge is 0.366 e. The number of rotatable bonds is 6. The molecule has 1 heterocycles. The van der Waals surface area contributed by atoms with E-state index in [0.717, 1.165) is 31.7 Å². The minimum absolute atomic E-state index is 0.0131. The lowest BCUT2D eigenvalue weighted by atomic mass is 10.0. The highest BCUT2D eigenvalue weighted by Gasteiger charge is 2.25. The predicted octanol–water partition coefficient (Wildman–Crippen LogP) is 1.14. The summed E-state index contributed by atoms with van der Waals surface area (Å²) in [5, 5.41) is 5.31. The van der Waals surface area contributed by atoms with Crippen LogP contribution in [0, 0.1) is 6.92 Å². The second kappa shape index (κ2) is 10.2. The molecule has 31 heavy (non-hydrogen) atoms. The normalized spacial score (nSPS) is 15.8. The lowest BCUT2D eigenvalue weighted by Gasteiger charge is -2.38. The highest BCUT2D eigenvalue weighted by molar-refractivity contribution is 6.39. The highest BCUT2D eigenvalue weighted by Crippen LogP contribution is 2.22. The van der Waals surface area contributed by atoms with E-state index >= 15 is 0 Å². The Labute approximate surface area is 182 Å². The van der Waals surface area contributed by atoms with E-state index in [2.05, 4.69) is 51.7 Å². The molecule has 0 radical (unpaired) electrons. The molecule has 3 amide bonds. The first-order valence-electron chi connectivity index (χ1n) is 10.3. The van der Waals surface area contributed by atoms with Crippen molar-refractivity contribution in [3.8, 4) is 0 Å². The van der Waals surface area contributed by atoms with Gasteiger partial charge in [0, 0.05) is 44.0 Å². The van der Waals surface area contributed by atoms with Crippen LogP contribution in [0.1, 0.15) is 27.5 Å². The number of primary amides is 1. The Hall–Kier alpha value is -3.23. The Morgan fingerprint density at radius 2 is 1.55 bits per heavy atom. The van der Waals surface area contributed by atoms with Crippen molar-refractivity contribution >= 4 is 23.4 Å². The predicted molar refractivity (Wildman–Crippen MR) is 120 cm³/mol. The van der Waals surface area contributed by atoms with Crippen LogP contribution in [0.3, 0.4) is 0 Å². The van der Waals surface area contributed by atoms with Gasteiger partial charge in [-0.2, -0.15) is 0 Å². The molecule has 1 saturated heterocycles. The molecule has 1 aliphatic heterocycles. The summed E-state index contributed by atoms with van der Waals surface area (Å²) in [4.78, 5) is 40.5. The fraction of sp³-hybridized carbons (Fsp3) is 0.348. The molecule has 0 saturated carbocycles. The smallest absolute Gasteiger partial charge is 0.313 e. The highest BCUT2D eigenvalue weighted by atomic mass is 16.2. The molecule has 2 aromatic rings. The van der Waals surface area contributed by atoms with Crippen molar-refractivity contribution in [2.75, 3.05) is 45.1 Å². The van der Waals surface area contributed by atoms with E-state index in [-0.39, 0.29) is 6.04 Å². The number of hydrogen-bond acceptors (Lipinski definition) is 5. The van der Waals surface area contributed by atoms with Gasteiger partial charge in [-0.05, 0) is 43.8 Å². The van der Waals surface area contributed by atoms with Crippen LogP contribution in [0.2, 0.25) is 0 Å². The Kier molecular flexibility index (Phi) is 7.38. The first-order chi connectivity index (χ1) is 14.8. The Morgan fingerprint density at radius 1 is 0.935 bits per heavy atom. The van der Waals surface area contributed by atoms with Crippen LogP contribution in [0.25, 0.3) is 0 Å². The molecule has 0 aliphatic carbocycles. The molecule has 0 unspecified atom stereocenters. The summed E-state index contributed by atoms with van der Waals surface area (Å²) >= 11 is 0. The van der Waals surface area contributed by atoms with Crippen molar-refractivity contribution in [1.29, 1.82) is 0 Å². The number of likely N-dealkylation sites (N-methyl/N-ethyl adjacent to an activating group) is 1. The number of nitrogens with one attached hydrogen (secondary N) is 2. The Balaban J connectivity index is 1.62. The van der Waals surface area contributed by atoms with Gasteiger partial charge in [-0.3, -0.25) is 19.3 Å². The molecule has 0 aromatic heterocycles. The molecule has 0 bridgehead atoms. The van der Waals surface area contributed by atoms with E-state index in [0.29, 0.717) is 17.8 Å². The van der Waals surface area contributed by atoms with Gasteiger partial charge < -0.3 is 21.3 Å². The van der Waals surface area contributed by atoms with Gasteiger partial charge in [0.15, 0.2) is 0 Å². The van der Waals surface area contributed by atoms with Gasteiger partial charge in [0.1, 0.15) is 0 Å². The second-order valence-corrected chi connectivity index (χ2v) is 7.87. The molecule has 8 heteroatoms. The average molecular weight is 424 g/mol. The summed E-state index contributed by atoms with van der Waals surface area (Å²) in [6.45, 7) is 6.07. The maximum Gasteiger partial charge on any atom is 0.313 e. The van der Waals surface area contributed by atoms with Crippen molar-refractivity contribution in [2.24, 2.45) is 5.73 Å². The quantitative estimate of drug-likeness (QED) is 0.604. The number of carbonyl (C=O) groups excluding carboxylic acids is 3. The van der Waals surface area contributed by atoms with Gasteiger partial charge in [0.2, 0.25) is 5.91 Å². The van der Waals surface area contributed by atoms with E-state index in [1.165, 1.54) is 29.8 Å². The molecule has 1 fully saturated rings. The molecule has 4 N–H and O–H groups in total. The van der Waals surface area contributed by atoms with Gasteiger partial charge in [0.05, 0.1) is 6.04 Å². The van der Waals surface area contributed by atoms with Crippen LogP contribution in [0.5, 0.6) is 0 Å². The Morgan fingerprint density at radius 3 is 2.13 bits per heavy atom. The molecular formula is C23H29N5O3. The van der Waals surface area contributed by atoms with Crippen LogP contribution in [0.4, 0.5) is 5.69 Å². The third-order valence-corrected chi connectivity index (χ3v) is 5.53. The third kappa shape index (κ3) is 6.13. The third-order valence-electron chi connectivity index (χ3n) is 5.53. The number of anilines is 1. The van der Waals surface area contributed by atoms with Crippen LogP contribution < -0.4 is 16.4 Å². The molecule has 1 atom stereocenters. The lowest BCUT2D eigenvalue weighted by Crippen LogP contribution is -2.49. The first-order valence-corrected chi connectivity index (χ1v) is 10.3. The number of benzene rings is 2. The van der Waals surface area contributed by atoms with Gasteiger partial charge in [-0.15, -0.1) is 0 Å². The number of nitrogens with zero attached hydrogens (tertiary/aromatic N) is 2. The number of hydrogen-bond donors (Lipinski definition) is 3. The fourth-order valence-electron chi connectivity index (χ4n) is 3.56. The van der Waals surface area contributed by atoms with Crippen molar-refractivity contribution < 1.29 is 14.4 Å². The van der Waals surface area contributed by atoms with E-state index in [4.69, 9.17) is 5.73 Å². The number of piperazine rings is 1. The minimum Gasteiger partial charge on any atom is -0.366 e. The summed E-state index contributed by atoms with van der Waals surface area (Å²) in [6, 6.07) is 14.3. The molecule has 3 rings (SSSR count). The average Bonchev–Trinajstić information content (AvgIpc) is 2.76. The summed E-state index contributed by atoms with van der Waals surface area (Å²) < 4.78 is 0. The molecular weight excluding hydrogens is 394 g/mol. The minimum atomic E-state index is -0.757. The maximum absolute atomic E-state index is 12.4. The van der Waals surface area contributed by atoms with Crippen LogP contribution >= 0.6 is 0 Å².